The fourth-order valence-corrected chi connectivity index (χ4v) is 3.83. The first-order chi connectivity index (χ1) is 14.8. The third-order valence-electron chi connectivity index (χ3n) is 4.90. The average Bonchev–Trinajstić information content (AvgIpc) is 3.15. The zero-order valence-corrected chi connectivity index (χ0v) is 19.0. The Morgan fingerprint density at radius 2 is 1.66 bits per heavy atom. The van der Waals surface area contributed by atoms with Crippen LogP contribution in [0.3, 0.4) is 0 Å². The number of halogens is 7. The van der Waals surface area contributed by atoms with Crippen molar-refractivity contribution in [3.05, 3.63) is 62.7 Å². The first kappa shape index (κ1) is 24.5. The Balaban J connectivity index is 1.97. The van der Waals surface area contributed by atoms with Gasteiger partial charge >= 0.3 is 6.18 Å². The Kier molecular flexibility index (Phi) is 6.88. The van der Waals surface area contributed by atoms with E-state index < -0.39 is 17.4 Å². The van der Waals surface area contributed by atoms with E-state index in [0.29, 0.717) is 36.0 Å². The molecule has 2 aromatic carbocycles. The van der Waals surface area contributed by atoms with Gasteiger partial charge in [-0.25, -0.2) is 9.07 Å². The van der Waals surface area contributed by atoms with E-state index in [1.165, 1.54) is 17.8 Å². The largest absolute Gasteiger partial charge is 0.426 e. The van der Waals surface area contributed by atoms with Crippen molar-refractivity contribution in [3.63, 3.8) is 0 Å². The number of alkyl halides is 4. The number of Topliss-reactive ketones (excluding diaryl/α,β-unsaturated/α-hetero) is 1. The predicted octanol–water partition coefficient (Wildman–Crippen LogP) is 7.16. The molecule has 0 radical (unpaired) electrons. The molecule has 0 amide bonds. The second kappa shape index (κ2) is 9.00. The van der Waals surface area contributed by atoms with Crippen LogP contribution in [-0.2, 0) is 16.9 Å². The van der Waals surface area contributed by atoms with E-state index in [9.17, 15) is 22.4 Å². The first-order valence-corrected chi connectivity index (χ1v) is 10.4. The lowest BCUT2D eigenvalue weighted by molar-refractivity contribution is -0.228. The van der Waals surface area contributed by atoms with E-state index in [1.54, 1.807) is 18.2 Å². The van der Waals surface area contributed by atoms with Crippen LogP contribution < -0.4 is 0 Å². The quantitative estimate of drug-likeness (QED) is 0.332. The Morgan fingerprint density at radius 1 is 1.03 bits per heavy atom. The number of ketones is 1. The molecule has 0 aliphatic carbocycles. The minimum absolute atomic E-state index is 0.0278. The number of hydrogen-bond acceptors (Lipinski definition) is 3. The van der Waals surface area contributed by atoms with Crippen LogP contribution in [-0.4, -0.2) is 27.0 Å². The molecule has 3 aromatic rings. The molecule has 0 bridgehead atoms. The lowest BCUT2D eigenvalue weighted by atomic mass is 9.97. The van der Waals surface area contributed by atoms with Crippen molar-refractivity contribution in [1.82, 2.24) is 15.0 Å². The molecule has 0 spiro atoms. The summed E-state index contributed by atoms with van der Waals surface area (Å²) in [6.45, 7) is 1.88. The maximum Gasteiger partial charge on any atom is 0.426 e. The van der Waals surface area contributed by atoms with Crippen LogP contribution in [0, 0.1) is 0 Å². The molecule has 1 unspecified atom stereocenters. The molecule has 0 saturated carbocycles. The Labute approximate surface area is 196 Å². The number of carbonyl (C=O) groups is 1. The summed E-state index contributed by atoms with van der Waals surface area (Å²) in [5, 5.41) is 8.05. The first-order valence-electron chi connectivity index (χ1n) is 9.27. The van der Waals surface area contributed by atoms with Gasteiger partial charge in [0.2, 0.25) is 5.67 Å². The van der Waals surface area contributed by atoms with E-state index in [-0.39, 0.29) is 21.5 Å². The van der Waals surface area contributed by atoms with Crippen molar-refractivity contribution in [2.45, 2.75) is 38.5 Å². The number of carbonyl (C=O) groups excluding carboxylic acids is 1. The Morgan fingerprint density at radius 3 is 2.22 bits per heavy atom. The van der Waals surface area contributed by atoms with Crippen molar-refractivity contribution in [2.75, 3.05) is 0 Å². The van der Waals surface area contributed by atoms with Gasteiger partial charge in [0.05, 0.1) is 16.2 Å². The summed E-state index contributed by atoms with van der Waals surface area (Å²) >= 11 is 18.5. The fraction of sp³-hybridized carbons (Fsp3) is 0.286. The van der Waals surface area contributed by atoms with E-state index in [1.807, 2.05) is 0 Å². The second-order valence-electron chi connectivity index (χ2n) is 7.35. The van der Waals surface area contributed by atoms with Gasteiger partial charge in [-0.3, -0.25) is 0 Å². The minimum atomic E-state index is -5.14. The van der Waals surface area contributed by atoms with Crippen LogP contribution in [0.25, 0.3) is 16.9 Å². The SMILES string of the molecule is CC(=O)CCc1cc(-c2cn(-c3c(Cl)cc(C(C)(F)C(F)(F)F)cc3Cl)nn2)ccc1Cl. The second-order valence-corrected chi connectivity index (χ2v) is 8.57. The van der Waals surface area contributed by atoms with Crippen LogP contribution in [0.4, 0.5) is 17.6 Å². The number of aromatic nitrogens is 3. The average molecular weight is 509 g/mol. The van der Waals surface area contributed by atoms with E-state index in [2.05, 4.69) is 10.3 Å². The van der Waals surface area contributed by atoms with Gasteiger partial charge in [-0.1, -0.05) is 46.1 Å². The van der Waals surface area contributed by atoms with Crippen molar-refractivity contribution < 1.29 is 22.4 Å². The minimum Gasteiger partial charge on any atom is -0.300 e. The van der Waals surface area contributed by atoms with E-state index >= 15 is 0 Å². The highest BCUT2D eigenvalue weighted by atomic mass is 35.5. The summed E-state index contributed by atoms with van der Waals surface area (Å²) in [5.74, 6) is 0.0278. The number of aryl methyl sites for hydroxylation is 1. The molecule has 170 valence electrons. The van der Waals surface area contributed by atoms with Crippen molar-refractivity contribution in [1.29, 1.82) is 0 Å². The van der Waals surface area contributed by atoms with Crippen LogP contribution in [0.2, 0.25) is 15.1 Å². The molecule has 0 fully saturated rings. The predicted molar refractivity (Wildman–Crippen MR) is 115 cm³/mol. The third-order valence-corrected chi connectivity index (χ3v) is 5.85. The fourth-order valence-electron chi connectivity index (χ4n) is 2.96. The molecular weight excluding hydrogens is 493 g/mol. The van der Waals surface area contributed by atoms with Crippen LogP contribution in [0.5, 0.6) is 0 Å². The maximum absolute atomic E-state index is 14.3. The summed E-state index contributed by atoms with van der Waals surface area (Å²) in [5.41, 5.74) is -2.49. The van der Waals surface area contributed by atoms with Gasteiger partial charge < -0.3 is 4.79 Å². The zero-order valence-electron chi connectivity index (χ0n) is 16.8. The molecule has 1 heterocycles. The lowest BCUT2D eigenvalue weighted by Crippen LogP contribution is -2.35. The summed E-state index contributed by atoms with van der Waals surface area (Å²) in [4.78, 5) is 11.3. The van der Waals surface area contributed by atoms with Crippen molar-refractivity contribution in [2.24, 2.45) is 0 Å². The van der Waals surface area contributed by atoms with Gasteiger partial charge in [0, 0.05) is 22.6 Å². The third kappa shape index (κ3) is 4.92. The summed E-state index contributed by atoms with van der Waals surface area (Å²) in [6, 6.07) is 6.86. The number of rotatable bonds is 6. The molecule has 4 nitrogen and oxygen atoms in total. The molecule has 0 aliphatic heterocycles. The smallest absolute Gasteiger partial charge is 0.300 e. The number of nitrogens with zero attached hydrogens (tertiary/aromatic N) is 3. The number of hydrogen-bond donors (Lipinski definition) is 0. The molecule has 3 rings (SSSR count). The summed E-state index contributed by atoms with van der Waals surface area (Å²) < 4.78 is 54.6. The van der Waals surface area contributed by atoms with Crippen LogP contribution in [0.15, 0.2) is 36.5 Å². The zero-order chi connectivity index (χ0) is 23.8. The van der Waals surface area contributed by atoms with E-state index in [4.69, 9.17) is 34.8 Å². The summed E-state index contributed by atoms with van der Waals surface area (Å²) in [6.07, 6.45) is -2.88. The van der Waals surface area contributed by atoms with Gasteiger partial charge in [0.25, 0.3) is 0 Å². The molecule has 0 saturated heterocycles. The Hall–Kier alpha value is -2.16. The van der Waals surface area contributed by atoms with Gasteiger partial charge in [0.1, 0.15) is 17.2 Å². The van der Waals surface area contributed by atoms with E-state index in [0.717, 1.165) is 17.7 Å². The topological polar surface area (TPSA) is 47.8 Å². The highest BCUT2D eigenvalue weighted by Gasteiger charge is 2.53. The highest BCUT2D eigenvalue weighted by Crippen LogP contribution is 2.45. The molecule has 11 heteroatoms. The maximum atomic E-state index is 14.3. The van der Waals surface area contributed by atoms with Crippen LogP contribution >= 0.6 is 34.8 Å². The van der Waals surface area contributed by atoms with Crippen molar-refractivity contribution in [3.8, 4) is 16.9 Å². The van der Waals surface area contributed by atoms with Gasteiger partial charge in [0.15, 0.2) is 0 Å². The molecule has 1 atom stereocenters. The summed E-state index contributed by atoms with van der Waals surface area (Å²) in [7, 11) is 0. The molecular formula is C21H16Cl3F4N3O. The molecule has 0 aliphatic rings. The molecule has 0 N–H and O–H groups in total. The van der Waals surface area contributed by atoms with Gasteiger partial charge in [-0.15, -0.1) is 5.10 Å². The van der Waals surface area contributed by atoms with Crippen LogP contribution in [0.1, 0.15) is 31.4 Å². The normalized spacial score (nSPS) is 13.8. The highest BCUT2D eigenvalue weighted by molar-refractivity contribution is 6.37. The standard InChI is InChI=1S/C21H16Cl3F4N3O/c1-11(32)3-4-12-7-13(5-6-15(12)22)18-10-31(30-29-18)19-16(23)8-14(9-17(19)24)20(2,25)21(26,27)28/h5-10H,3-4H2,1-2H3. The Bertz CT molecular complexity index is 1150. The van der Waals surface area contributed by atoms with Gasteiger partial charge in [-0.2, -0.15) is 13.2 Å². The number of benzene rings is 2. The molecule has 1 aromatic heterocycles. The van der Waals surface area contributed by atoms with Gasteiger partial charge in [-0.05, 0) is 50.1 Å². The molecule has 32 heavy (non-hydrogen) atoms. The lowest BCUT2D eigenvalue weighted by Gasteiger charge is -2.25. The van der Waals surface area contributed by atoms with Crippen molar-refractivity contribution >= 4 is 40.6 Å². The monoisotopic (exact) mass is 507 g/mol.